The molecule has 0 aliphatic heterocycles. The van der Waals surface area contributed by atoms with Crippen molar-refractivity contribution in [3.05, 3.63) is 11.1 Å². The topological polar surface area (TPSA) is 0 Å². The first-order valence-corrected chi connectivity index (χ1v) is 6.67. The van der Waals surface area contributed by atoms with Gasteiger partial charge in [0.2, 0.25) is 0 Å². The minimum atomic E-state index is 0. The van der Waals surface area contributed by atoms with Crippen molar-refractivity contribution in [2.24, 2.45) is 0 Å². The molecule has 0 bridgehead atoms. The van der Waals surface area contributed by atoms with E-state index in [2.05, 4.69) is 24.9 Å². The minimum absolute atomic E-state index is 0. The van der Waals surface area contributed by atoms with Crippen molar-refractivity contribution in [3.8, 4) is 0 Å². The summed E-state index contributed by atoms with van der Waals surface area (Å²) in [5.41, 5.74) is 0. The zero-order valence-corrected chi connectivity index (χ0v) is 10.4. The molecule has 66 valence electrons. The van der Waals surface area contributed by atoms with Crippen molar-refractivity contribution < 1.29 is 18.9 Å². The molecule has 0 spiro atoms. The molecule has 0 aromatic carbocycles. The van der Waals surface area contributed by atoms with Crippen LogP contribution in [0.3, 0.4) is 0 Å². The normalized spacial score (nSPS) is 10.2. The zero-order chi connectivity index (χ0) is 8.36. The molecule has 0 heterocycles. The van der Waals surface area contributed by atoms with Gasteiger partial charge in [-0.25, -0.2) is 0 Å². The second-order valence-corrected chi connectivity index (χ2v) is 4.62. The first-order valence-electron chi connectivity index (χ1n) is 4.60. The van der Waals surface area contributed by atoms with Gasteiger partial charge in [0.15, 0.2) is 0 Å². The van der Waals surface area contributed by atoms with Crippen LogP contribution < -0.4 is 18.9 Å². The molecule has 0 atom stereocenters. The third kappa shape index (κ3) is 13.4. The smallest absolute Gasteiger partial charge is 1.00 e. The van der Waals surface area contributed by atoms with E-state index < -0.39 is 0 Å². The Labute approximate surface area is 95.9 Å². The monoisotopic (exact) mass is 226 g/mol. The van der Waals surface area contributed by atoms with Crippen LogP contribution in [0.2, 0.25) is 5.32 Å². The van der Waals surface area contributed by atoms with Gasteiger partial charge in [-0.15, -0.1) is 0 Å². The van der Waals surface area contributed by atoms with E-state index in [0.29, 0.717) is 15.0 Å². The summed E-state index contributed by atoms with van der Waals surface area (Å²) in [6.45, 7) is 4.48. The van der Waals surface area contributed by atoms with Crippen LogP contribution in [0.25, 0.3) is 0 Å². The fraction of sp³-hybridized carbons (Fsp3) is 0.800. The first-order chi connectivity index (χ1) is 5.41. The largest absolute Gasteiger partial charge is 1.00 e. The van der Waals surface area contributed by atoms with E-state index in [1.165, 1.54) is 37.4 Å². The van der Waals surface area contributed by atoms with E-state index in [4.69, 9.17) is 0 Å². The molecule has 0 amide bonds. The van der Waals surface area contributed by atoms with Gasteiger partial charge in [0.25, 0.3) is 0 Å². The van der Waals surface area contributed by atoms with Crippen molar-refractivity contribution >= 4 is 15.0 Å². The van der Waals surface area contributed by atoms with E-state index in [1.54, 1.807) is 0 Å². The van der Waals surface area contributed by atoms with Gasteiger partial charge in [-0.1, -0.05) is 0 Å². The summed E-state index contributed by atoms with van der Waals surface area (Å²) in [4.78, 5) is 3.39. The van der Waals surface area contributed by atoms with Crippen molar-refractivity contribution in [1.82, 2.24) is 0 Å². The maximum atomic E-state index is 3.39. The third-order valence-corrected chi connectivity index (χ3v) is 3.20. The fourth-order valence-electron chi connectivity index (χ4n) is 0.699. The van der Waals surface area contributed by atoms with Crippen molar-refractivity contribution in [2.45, 2.75) is 51.3 Å². The SMILES string of the molecule is CCCCC=[C-][Se]CCCC.[Li+]. The Morgan fingerprint density at radius 1 is 1.17 bits per heavy atom. The molecule has 0 rings (SSSR count). The van der Waals surface area contributed by atoms with E-state index in [-0.39, 0.29) is 18.9 Å². The quantitative estimate of drug-likeness (QED) is 0.334. The molecule has 0 radical (unpaired) electrons. The summed E-state index contributed by atoms with van der Waals surface area (Å²) < 4.78 is 0. The molecule has 0 saturated heterocycles. The molecule has 0 aliphatic carbocycles. The van der Waals surface area contributed by atoms with Crippen LogP contribution in [-0.4, -0.2) is 15.0 Å². The summed E-state index contributed by atoms with van der Waals surface area (Å²) in [7, 11) is 0. The van der Waals surface area contributed by atoms with Gasteiger partial charge in [0.05, 0.1) is 0 Å². The number of unbranched alkanes of at least 4 members (excludes halogenated alkanes) is 3. The van der Waals surface area contributed by atoms with Gasteiger partial charge < -0.3 is 0 Å². The second kappa shape index (κ2) is 14.4. The summed E-state index contributed by atoms with van der Waals surface area (Å²) in [5, 5.41) is 1.38. The predicted molar refractivity (Wildman–Crippen MR) is 52.8 cm³/mol. The predicted octanol–water partition coefficient (Wildman–Crippen LogP) is 0.420. The number of allylic oxidation sites excluding steroid dienone is 1. The maximum Gasteiger partial charge on any atom is 1.00 e. The van der Waals surface area contributed by atoms with Gasteiger partial charge in [-0.2, -0.15) is 0 Å². The van der Waals surface area contributed by atoms with Crippen molar-refractivity contribution in [2.75, 3.05) is 0 Å². The van der Waals surface area contributed by atoms with Crippen LogP contribution in [0, 0.1) is 4.97 Å². The second-order valence-electron chi connectivity index (χ2n) is 2.67. The molecule has 0 unspecified atom stereocenters. The van der Waals surface area contributed by atoms with Crippen LogP contribution in [0.15, 0.2) is 6.08 Å². The van der Waals surface area contributed by atoms with Crippen LogP contribution in [0.5, 0.6) is 0 Å². The molecule has 0 fully saturated rings. The molecule has 0 aliphatic rings. The Balaban J connectivity index is 0. The van der Waals surface area contributed by atoms with Gasteiger partial charge >= 0.3 is 96.1 Å². The Hall–Kier alpha value is 0.857. The molecule has 0 saturated carbocycles. The number of hydrogen-bond acceptors (Lipinski definition) is 0. The van der Waals surface area contributed by atoms with Gasteiger partial charge in [-0.3, -0.25) is 0 Å². The van der Waals surface area contributed by atoms with E-state index >= 15 is 0 Å². The fourth-order valence-corrected chi connectivity index (χ4v) is 2.35. The first kappa shape index (κ1) is 15.3. The van der Waals surface area contributed by atoms with Gasteiger partial charge in [0, 0.05) is 0 Å². The molecular weight excluding hydrogens is 206 g/mol. The van der Waals surface area contributed by atoms with Crippen molar-refractivity contribution in [1.29, 1.82) is 0 Å². The molecule has 0 N–H and O–H groups in total. The number of rotatable bonds is 7. The van der Waals surface area contributed by atoms with Gasteiger partial charge in [-0.05, 0) is 0 Å². The van der Waals surface area contributed by atoms with Crippen molar-refractivity contribution in [3.63, 3.8) is 0 Å². The summed E-state index contributed by atoms with van der Waals surface area (Å²) in [5.74, 6) is 0. The van der Waals surface area contributed by atoms with Crippen LogP contribution in [0.4, 0.5) is 0 Å². The Bertz CT molecular complexity index is 91.8. The molecule has 2 heteroatoms. The van der Waals surface area contributed by atoms with E-state index in [0.717, 1.165) is 0 Å². The minimum Gasteiger partial charge on any atom is 1.00 e. The average Bonchev–Trinajstić information content (AvgIpc) is 2.03. The van der Waals surface area contributed by atoms with Crippen LogP contribution in [0.1, 0.15) is 46.0 Å². The standard InChI is InChI=1S/C10H19Se.Li/c1-3-5-7-8-10-11-9-6-4-2;/h8H,3-7,9H2,1-2H3;/q-1;+1. The molecule has 12 heavy (non-hydrogen) atoms. The van der Waals surface area contributed by atoms with Crippen LogP contribution >= 0.6 is 0 Å². The average molecular weight is 225 g/mol. The molecule has 0 aromatic heterocycles. The zero-order valence-electron chi connectivity index (χ0n) is 8.73. The Morgan fingerprint density at radius 3 is 2.42 bits per heavy atom. The molecule has 0 nitrogen and oxygen atoms in total. The molecular formula is C10H19LiSe. The molecule has 0 aromatic rings. The van der Waals surface area contributed by atoms with Gasteiger partial charge in [0.1, 0.15) is 0 Å². The van der Waals surface area contributed by atoms with E-state index in [9.17, 15) is 0 Å². The maximum absolute atomic E-state index is 3.39. The van der Waals surface area contributed by atoms with Crippen LogP contribution in [-0.2, 0) is 0 Å². The third-order valence-electron chi connectivity index (χ3n) is 1.47. The summed E-state index contributed by atoms with van der Waals surface area (Å²) in [6.07, 6.45) is 8.83. The van der Waals surface area contributed by atoms with E-state index in [1.807, 2.05) is 0 Å². The summed E-state index contributed by atoms with van der Waals surface area (Å²) in [6, 6.07) is 0. The Kier molecular flexibility index (Phi) is 18.4. The number of hydrogen-bond donors (Lipinski definition) is 0. The Morgan fingerprint density at radius 2 is 1.83 bits per heavy atom. The summed E-state index contributed by atoms with van der Waals surface area (Å²) >= 11 is 0.670.